The van der Waals surface area contributed by atoms with Crippen molar-refractivity contribution in [1.82, 2.24) is 26.3 Å². The standard InChI is InChI=1S/C24H23N7O3/c1-16-6-8-17(9-7-16)13-29-23(34)31-24(15-30-21(32)12-26,22(33)27-11-10-25)19-14-28-20-5-3-2-4-18(19)20/h2-9,14,28H,11,13,15H2,1H3,(H,27,33)(H,30,32)(H2,29,31,34). The van der Waals surface area contributed by atoms with E-state index < -0.39 is 29.9 Å². The molecule has 1 heterocycles. The van der Waals surface area contributed by atoms with Crippen LogP contribution in [0.2, 0.25) is 0 Å². The Morgan fingerprint density at radius 3 is 2.44 bits per heavy atom. The number of benzene rings is 2. The van der Waals surface area contributed by atoms with Gasteiger partial charge in [0.15, 0.2) is 11.6 Å². The predicted molar refractivity (Wildman–Crippen MR) is 124 cm³/mol. The maximum Gasteiger partial charge on any atom is 0.322 e. The molecule has 5 N–H and O–H groups in total. The van der Waals surface area contributed by atoms with Crippen LogP contribution < -0.4 is 21.3 Å². The number of hydrogen-bond acceptors (Lipinski definition) is 5. The fraction of sp³-hybridized carbons (Fsp3) is 0.208. The molecule has 4 amide bonds. The number of hydrogen-bond donors (Lipinski definition) is 5. The highest BCUT2D eigenvalue weighted by molar-refractivity contribution is 5.99. The second kappa shape index (κ2) is 10.7. The number of nitriles is 2. The van der Waals surface area contributed by atoms with Crippen molar-refractivity contribution in [2.24, 2.45) is 0 Å². The molecule has 1 unspecified atom stereocenters. The van der Waals surface area contributed by atoms with Gasteiger partial charge in [-0.1, -0.05) is 48.0 Å². The molecule has 0 saturated heterocycles. The number of aryl methyl sites for hydroxylation is 1. The van der Waals surface area contributed by atoms with Crippen LogP contribution in [-0.4, -0.2) is 35.9 Å². The lowest BCUT2D eigenvalue weighted by Gasteiger charge is -2.33. The van der Waals surface area contributed by atoms with Crippen molar-refractivity contribution in [3.63, 3.8) is 0 Å². The van der Waals surface area contributed by atoms with E-state index in [2.05, 4.69) is 26.3 Å². The number of fused-ring (bicyclic) bond motifs is 1. The number of carbonyl (C=O) groups is 3. The smallest absolute Gasteiger partial charge is 0.322 e. The van der Waals surface area contributed by atoms with E-state index in [9.17, 15) is 14.4 Å². The van der Waals surface area contributed by atoms with E-state index in [-0.39, 0.29) is 13.1 Å². The van der Waals surface area contributed by atoms with Crippen LogP contribution in [0.5, 0.6) is 0 Å². The summed E-state index contributed by atoms with van der Waals surface area (Å²) in [6, 6.07) is 17.3. The third kappa shape index (κ3) is 5.31. The third-order valence-corrected chi connectivity index (χ3v) is 5.28. The fourth-order valence-corrected chi connectivity index (χ4v) is 3.54. The Bertz CT molecular complexity index is 1280. The van der Waals surface area contributed by atoms with Crippen molar-refractivity contribution >= 4 is 28.7 Å². The van der Waals surface area contributed by atoms with Gasteiger partial charge in [0.25, 0.3) is 5.91 Å². The topological polar surface area (TPSA) is 163 Å². The molecule has 3 rings (SSSR count). The number of carbonyl (C=O) groups excluding carboxylic acids is 3. The minimum atomic E-state index is -1.82. The molecule has 2 aromatic carbocycles. The summed E-state index contributed by atoms with van der Waals surface area (Å²) in [4.78, 5) is 41.1. The van der Waals surface area contributed by atoms with Crippen LogP contribution in [-0.2, 0) is 21.7 Å². The Labute approximate surface area is 195 Å². The van der Waals surface area contributed by atoms with E-state index in [1.165, 1.54) is 6.07 Å². The van der Waals surface area contributed by atoms with Gasteiger partial charge in [-0.05, 0) is 18.6 Å². The predicted octanol–water partition coefficient (Wildman–Crippen LogP) is 1.45. The second-order valence-corrected chi connectivity index (χ2v) is 7.58. The number of nitrogens with one attached hydrogen (secondary N) is 5. The van der Waals surface area contributed by atoms with E-state index in [1.807, 2.05) is 37.3 Å². The summed E-state index contributed by atoms with van der Waals surface area (Å²) < 4.78 is 0. The van der Waals surface area contributed by atoms with E-state index in [0.29, 0.717) is 16.5 Å². The second-order valence-electron chi connectivity index (χ2n) is 7.58. The maximum atomic E-state index is 13.4. The molecular weight excluding hydrogens is 434 g/mol. The minimum absolute atomic E-state index is 0.195. The fourth-order valence-electron chi connectivity index (χ4n) is 3.54. The van der Waals surface area contributed by atoms with Crippen LogP contribution in [0.4, 0.5) is 4.79 Å². The lowest BCUT2D eigenvalue weighted by molar-refractivity contribution is -0.127. The van der Waals surface area contributed by atoms with Gasteiger partial charge < -0.3 is 26.3 Å². The highest BCUT2D eigenvalue weighted by Crippen LogP contribution is 2.29. The van der Waals surface area contributed by atoms with Gasteiger partial charge in [-0.3, -0.25) is 9.59 Å². The third-order valence-electron chi connectivity index (χ3n) is 5.28. The summed E-state index contributed by atoms with van der Waals surface area (Å²) in [5.41, 5.74) is 1.17. The number of urea groups is 1. The minimum Gasteiger partial charge on any atom is -0.361 e. The quantitative estimate of drug-likeness (QED) is 0.255. The van der Waals surface area contributed by atoms with Crippen LogP contribution in [0.1, 0.15) is 16.7 Å². The van der Waals surface area contributed by atoms with E-state index in [0.717, 1.165) is 11.1 Å². The lowest BCUT2D eigenvalue weighted by Crippen LogP contribution is -2.63. The van der Waals surface area contributed by atoms with Gasteiger partial charge in [0, 0.05) is 29.2 Å². The van der Waals surface area contributed by atoms with Gasteiger partial charge >= 0.3 is 11.9 Å². The van der Waals surface area contributed by atoms with Gasteiger partial charge in [-0.2, -0.15) is 10.5 Å². The van der Waals surface area contributed by atoms with Crippen molar-refractivity contribution in [2.45, 2.75) is 19.0 Å². The summed E-state index contributed by atoms with van der Waals surface area (Å²) in [5.74, 6) is -1.69. The summed E-state index contributed by atoms with van der Waals surface area (Å²) in [6.45, 7) is 1.41. The molecule has 3 aromatic rings. The molecule has 0 aliphatic rings. The normalized spacial score (nSPS) is 12.0. The molecule has 10 nitrogen and oxygen atoms in total. The molecule has 0 saturated carbocycles. The molecule has 1 aromatic heterocycles. The van der Waals surface area contributed by atoms with Crippen LogP contribution >= 0.6 is 0 Å². The molecule has 34 heavy (non-hydrogen) atoms. The first kappa shape index (κ1) is 23.8. The van der Waals surface area contributed by atoms with Crippen molar-refractivity contribution in [3.05, 3.63) is 71.4 Å². The van der Waals surface area contributed by atoms with E-state index in [1.54, 1.807) is 30.5 Å². The van der Waals surface area contributed by atoms with Crippen molar-refractivity contribution in [1.29, 1.82) is 10.5 Å². The molecule has 0 spiro atoms. The van der Waals surface area contributed by atoms with Crippen molar-refractivity contribution in [2.75, 3.05) is 13.1 Å². The molecule has 10 heteroatoms. The monoisotopic (exact) mass is 457 g/mol. The number of rotatable bonds is 8. The number of nitrogens with zero attached hydrogens (tertiary/aromatic N) is 2. The Morgan fingerprint density at radius 2 is 1.74 bits per heavy atom. The van der Waals surface area contributed by atoms with Crippen molar-refractivity contribution in [3.8, 4) is 12.1 Å². The summed E-state index contributed by atoms with van der Waals surface area (Å²) >= 11 is 0. The molecule has 0 aliphatic heterocycles. The summed E-state index contributed by atoms with van der Waals surface area (Å²) in [5, 5.41) is 28.7. The first-order valence-electron chi connectivity index (χ1n) is 10.4. The molecule has 172 valence electrons. The zero-order chi connectivity index (χ0) is 24.6. The van der Waals surface area contributed by atoms with Crippen LogP contribution in [0.25, 0.3) is 10.9 Å². The van der Waals surface area contributed by atoms with Gasteiger partial charge in [-0.15, -0.1) is 0 Å². The molecule has 0 fully saturated rings. The lowest BCUT2D eigenvalue weighted by atomic mass is 9.88. The number of aromatic nitrogens is 1. The largest absolute Gasteiger partial charge is 0.361 e. The number of amides is 4. The zero-order valence-electron chi connectivity index (χ0n) is 18.4. The molecule has 0 bridgehead atoms. The highest BCUT2D eigenvalue weighted by Gasteiger charge is 2.44. The molecule has 0 radical (unpaired) electrons. The Hall–Kier alpha value is -4.83. The molecule has 1 atom stereocenters. The highest BCUT2D eigenvalue weighted by atomic mass is 16.2. The van der Waals surface area contributed by atoms with Gasteiger partial charge in [0.05, 0.1) is 12.6 Å². The van der Waals surface area contributed by atoms with Gasteiger partial charge in [0.2, 0.25) is 0 Å². The number of para-hydroxylation sites is 1. The summed E-state index contributed by atoms with van der Waals surface area (Å²) in [7, 11) is 0. The SMILES string of the molecule is Cc1ccc(CNC(=O)NC(CNC(=O)C#N)(C(=O)NCC#N)c2c[nH]c3ccccc23)cc1. The Morgan fingerprint density at radius 1 is 1.00 bits per heavy atom. The molecule has 0 aliphatic carbocycles. The Balaban J connectivity index is 1.98. The van der Waals surface area contributed by atoms with E-state index in [4.69, 9.17) is 10.5 Å². The average Bonchev–Trinajstić information content (AvgIpc) is 3.29. The maximum absolute atomic E-state index is 13.4. The summed E-state index contributed by atoms with van der Waals surface area (Å²) in [6.07, 6.45) is 1.55. The van der Waals surface area contributed by atoms with Gasteiger partial charge in [0.1, 0.15) is 6.54 Å². The first-order chi connectivity index (χ1) is 16.4. The zero-order valence-corrected chi connectivity index (χ0v) is 18.4. The molecular formula is C24H23N7O3. The van der Waals surface area contributed by atoms with Crippen molar-refractivity contribution < 1.29 is 14.4 Å². The Kier molecular flexibility index (Phi) is 7.47. The van der Waals surface area contributed by atoms with Crippen LogP contribution in [0.3, 0.4) is 0 Å². The first-order valence-corrected chi connectivity index (χ1v) is 10.4. The number of H-pyrrole nitrogens is 1. The van der Waals surface area contributed by atoms with Gasteiger partial charge in [-0.25, -0.2) is 4.79 Å². The van der Waals surface area contributed by atoms with Crippen LogP contribution in [0, 0.1) is 29.6 Å². The average molecular weight is 457 g/mol. The van der Waals surface area contributed by atoms with Crippen LogP contribution in [0.15, 0.2) is 54.7 Å². The van der Waals surface area contributed by atoms with E-state index >= 15 is 0 Å². The number of aromatic amines is 1.